The molecule has 0 unspecified atom stereocenters. The van der Waals surface area contributed by atoms with Crippen LogP contribution in [0.5, 0.6) is 0 Å². The van der Waals surface area contributed by atoms with Crippen LogP contribution in [-0.2, 0) is 4.74 Å². The molecule has 0 aromatic carbocycles. The van der Waals surface area contributed by atoms with E-state index in [1.165, 1.54) is 19.4 Å². The van der Waals surface area contributed by atoms with Gasteiger partial charge in [-0.15, -0.1) is 0 Å². The van der Waals surface area contributed by atoms with Crippen LogP contribution < -0.4 is 5.32 Å². The highest BCUT2D eigenvalue weighted by molar-refractivity contribution is 4.83. The summed E-state index contributed by atoms with van der Waals surface area (Å²) in [5.74, 6) is 0.682. The third kappa shape index (κ3) is 2.17. The van der Waals surface area contributed by atoms with Crippen molar-refractivity contribution >= 4 is 0 Å². The minimum Gasteiger partial charge on any atom is -0.378 e. The van der Waals surface area contributed by atoms with Crippen LogP contribution in [0.2, 0.25) is 0 Å². The molecule has 1 fully saturated rings. The van der Waals surface area contributed by atoms with Gasteiger partial charge in [0.15, 0.2) is 0 Å². The minimum absolute atomic E-state index is 0.0490. The normalized spacial score (nSPS) is 27.0. The van der Waals surface area contributed by atoms with Gasteiger partial charge >= 0.3 is 0 Å². The number of methoxy groups -OCH3 is 1. The van der Waals surface area contributed by atoms with Crippen molar-refractivity contribution in [1.82, 2.24) is 5.32 Å². The molecule has 0 aromatic heterocycles. The van der Waals surface area contributed by atoms with Crippen molar-refractivity contribution in [3.63, 3.8) is 0 Å². The highest BCUT2D eigenvalue weighted by atomic mass is 16.5. The smallest absolute Gasteiger partial charge is 0.0662 e. The summed E-state index contributed by atoms with van der Waals surface area (Å²) in [5, 5.41) is 3.40. The van der Waals surface area contributed by atoms with Crippen molar-refractivity contribution in [3.05, 3.63) is 0 Å². The van der Waals surface area contributed by atoms with Gasteiger partial charge in [-0.05, 0) is 39.2 Å². The van der Waals surface area contributed by atoms with Crippen molar-refractivity contribution < 1.29 is 4.74 Å². The molecule has 2 nitrogen and oxygen atoms in total. The van der Waals surface area contributed by atoms with Crippen molar-refractivity contribution in [2.75, 3.05) is 20.2 Å². The molecule has 0 spiro atoms. The molecule has 0 amide bonds. The third-order valence-electron chi connectivity index (χ3n) is 2.81. The van der Waals surface area contributed by atoms with E-state index in [0.717, 1.165) is 6.54 Å². The van der Waals surface area contributed by atoms with Crippen LogP contribution in [-0.4, -0.2) is 25.8 Å². The zero-order valence-electron chi connectivity index (χ0n) is 7.81. The number of hydrogen-bond donors (Lipinski definition) is 1. The van der Waals surface area contributed by atoms with Crippen LogP contribution >= 0.6 is 0 Å². The van der Waals surface area contributed by atoms with Crippen molar-refractivity contribution in [2.24, 2.45) is 5.92 Å². The van der Waals surface area contributed by atoms with Crippen molar-refractivity contribution in [1.29, 1.82) is 0 Å². The van der Waals surface area contributed by atoms with E-state index in [0.29, 0.717) is 5.92 Å². The van der Waals surface area contributed by atoms with E-state index < -0.39 is 0 Å². The maximum absolute atomic E-state index is 5.44. The standard InChI is InChI=1S/C9H19NO/c1-9(2,11-3)8-5-4-6-10-7-8/h8,10H,4-7H2,1-3H3/t8-/m1/s1. The van der Waals surface area contributed by atoms with Crippen molar-refractivity contribution in [3.8, 4) is 0 Å². The summed E-state index contributed by atoms with van der Waals surface area (Å²) >= 11 is 0. The zero-order chi connectivity index (χ0) is 8.32. The van der Waals surface area contributed by atoms with Gasteiger partial charge in [-0.2, -0.15) is 0 Å². The summed E-state index contributed by atoms with van der Waals surface area (Å²) in [5.41, 5.74) is 0.0490. The Labute approximate surface area is 69.3 Å². The van der Waals surface area contributed by atoms with Gasteiger partial charge < -0.3 is 10.1 Å². The Morgan fingerprint density at radius 1 is 1.45 bits per heavy atom. The Kier molecular flexibility index (Phi) is 2.90. The Morgan fingerprint density at radius 2 is 2.18 bits per heavy atom. The van der Waals surface area contributed by atoms with Gasteiger partial charge in [-0.1, -0.05) is 0 Å². The first-order valence-corrected chi connectivity index (χ1v) is 4.42. The SMILES string of the molecule is COC(C)(C)[C@@H]1CCCNC1. The Morgan fingerprint density at radius 3 is 2.64 bits per heavy atom. The molecule has 1 atom stereocenters. The van der Waals surface area contributed by atoms with Crippen LogP contribution in [0, 0.1) is 5.92 Å². The molecular weight excluding hydrogens is 138 g/mol. The minimum atomic E-state index is 0.0490. The summed E-state index contributed by atoms with van der Waals surface area (Å²) < 4.78 is 5.44. The summed E-state index contributed by atoms with van der Waals surface area (Å²) in [4.78, 5) is 0. The second-order valence-electron chi connectivity index (χ2n) is 3.85. The lowest BCUT2D eigenvalue weighted by atomic mass is 9.85. The van der Waals surface area contributed by atoms with Crippen LogP contribution in [0.25, 0.3) is 0 Å². The number of hydrogen-bond acceptors (Lipinski definition) is 2. The molecule has 0 saturated carbocycles. The van der Waals surface area contributed by atoms with Gasteiger partial charge in [-0.3, -0.25) is 0 Å². The quantitative estimate of drug-likeness (QED) is 0.654. The van der Waals surface area contributed by atoms with Gasteiger partial charge in [0.2, 0.25) is 0 Å². The number of nitrogens with one attached hydrogen (secondary N) is 1. The van der Waals surface area contributed by atoms with Gasteiger partial charge in [0, 0.05) is 13.7 Å². The molecule has 0 aliphatic carbocycles. The fraction of sp³-hybridized carbons (Fsp3) is 1.00. The zero-order valence-corrected chi connectivity index (χ0v) is 7.81. The van der Waals surface area contributed by atoms with Gasteiger partial charge in [0.1, 0.15) is 0 Å². The lowest BCUT2D eigenvalue weighted by molar-refractivity contribution is -0.0351. The third-order valence-corrected chi connectivity index (χ3v) is 2.81. The van der Waals surface area contributed by atoms with E-state index in [4.69, 9.17) is 4.74 Å². The number of piperidine rings is 1. The maximum Gasteiger partial charge on any atom is 0.0662 e. The largest absolute Gasteiger partial charge is 0.378 e. The van der Waals surface area contributed by atoms with Crippen LogP contribution in [0.1, 0.15) is 26.7 Å². The molecule has 1 N–H and O–H groups in total. The Bertz CT molecular complexity index is 117. The first-order chi connectivity index (χ1) is 5.17. The second kappa shape index (κ2) is 3.55. The average molecular weight is 157 g/mol. The van der Waals surface area contributed by atoms with Gasteiger partial charge in [0.05, 0.1) is 5.60 Å². The summed E-state index contributed by atoms with van der Waals surface area (Å²) in [7, 11) is 1.80. The van der Waals surface area contributed by atoms with E-state index >= 15 is 0 Å². The summed E-state index contributed by atoms with van der Waals surface area (Å²) in [6.45, 7) is 6.63. The Balaban J connectivity index is 2.43. The molecule has 1 saturated heterocycles. The molecule has 1 aliphatic heterocycles. The molecule has 1 heterocycles. The Hall–Kier alpha value is -0.0800. The van der Waals surface area contributed by atoms with Gasteiger partial charge in [-0.25, -0.2) is 0 Å². The molecule has 66 valence electrons. The van der Waals surface area contributed by atoms with E-state index in [-0.39, 0.29) is 5.60 Å². The predicted octanol–water partition coefficient (Wildman–Crippen LogP) is 1.41. The van der Waals surface area contributed by atoms with E-state index in [1.54, 1.807) is 7.11 Å². The fourth-order valence-corrected chi connectivity index (χ4v) is 1.61. The molecule has 0 radical (unpaired) electrons. The number of ether oxygens (including phenoxy) is 1. The predicted molar refractivity (Wildman–Crippen MR) is 46.7 cm³/mol. The first kappa shape index (κ1) is 9.01. The lowest BCUT2D eigenvalue weighted by Crippen LogP contribution is -2.43. The van der Waals surface area contributed by atoms with E-state index in [9.17, 15) is 0 Å². The highest BCUT2D eigenvalue weighted by Crippen LogP contribution is 2.25. The van der Waals surface area contributed by atoms with Crippen LogP contribution in [0.4, 0.5) is 0 Å². The molecule has 1 rings (SSSR count). The first-order valence-electron chi connectivity index (χ1n) is 4.42. The van der Waals surface area contributed by atoms with Crippen LogP contribution in [0.15, 0.2) is 0 Å². The number of rotatable bonds is 2. The highest BCUT2D eigenvalue weighted by Gasteiger charge is 2.29. The molecule has 2 heteroatoms. The average Bonchev–Trinajstić information content (AvgIpc) is 2.06. The molecular formula is C9H19NO. The monoisotopic (exact) mass is 157 g/mol. The second-order valence-corrected chi connectivity index (χ2v) is 3.85. The molecule has 0 aromatic rings. The molecule has 1 aliphatic rings. The topological polar surface area (TPSA) is 21.3 Å². The van der Waals surface area contributed by atoms with E-state index in [2.05, 4.69) is 19.2 Å². The maximum atomic E-state index is 5.44. The van der Waals surface area contributed by atoms with Gasteiger partial charge in [0.25, 0.3) is 0 Å². The summed E-state index contributed by atoms with van der Waals surface area (Å²) in [6.07, 6.45) is 2.59. The van der Waals surface area contributed by atoms with Crippen molar-refractivity contribution in [2.45, 2.75) is 32.3 Å². The van der Waals surface area contributed by atoms with Crippen LogP contribution in [0.3, 0.4) is 0 Å². The summed E-state index contributed by atoms with van der Waals surface area (Å²) in [6, 6.07) is 0. The van der Waals surface area contributed by atoms with E-state index in [1.807, 2.05) is 0 Å². The lowest BCUT2D eigenvalue weighted by Gasteiger charge is -2.36. The fourth-order valence-electron chi connectivity index (χ4n) is 1.61. The molecule has 0 bridgehead atoms. The molecule has 11 heavy (non-hydrogen) atoms.